The summed E-state index contributed by atoms with van der Waals surface area (Å²) in [7, 11) is 0. The molecule has 2 amide bonds. The number of imide groups is 1. The summed E-state index contributed by atoms with van der Waals surface area (Å²) in [6.45, 7) is 2.76. The van der Waals surface area contributed by atoms with Crippen molar-refractivity contribution in [2.75, 3.05) is 6.61 Å². The van der Waals surface area contributed by atoms with Gasteiger partial charge >= 0.3 is 0 Å². The van der Waals surface area contributed by atoms with Gasteiger partial charge in [-0.2, -0.15) is 0 Å². The highest BCUT2D eigenvalue weighted by molar-refractivity contribution is 8.18. The second-order valence-electron chi connectivity index (χ2n) is 6.87. The normalized spacial score (nSPS) is 20.1. The van der Waals surface area contributed by atoms with Gasteiger partial charge in [-0.05, 0) is 66.8 Å². The number of thioether (sulfide) groups is 1. The summed E-state index contributed by atoms with van der Waals surface area (Å²) < 4.78 is 5.93. The van der Waals surface area contributed by atoms with Crippen LogP contribution in [-0.2, 0) is 4.79 Å². The van der Waals surface area contributed by atoms with Crippen molar-refractivity contribution in [3.05, 3.63) is 34.2 Å². The minimum atomic E-state index is -0.323. The van der Waals surface area contributed by atoms with E-state index in [0.29, 0.717) is 4.91 Å². The lowest BCUT2D eigenvalue weighted by atomic mass is 9.86. The predicted molar refractivity (Wildman–Crippen MR) is 102 cm³/mol. The maximum Gasteiger partial charge on any atom is 0.290 e. The van der Waals surface area contributed by atoms with Crippen LogP contribution in [0.1, 0.15) is 56.1 Å². The van der Waals surface area contributed by atoms with Crippen LogP contribution >= 0.6 is 11.8 Å². The Balaban J connectivity index is 1.50. The first kappa shape index (κ1) is 18.1. The van der Waals surface area contributed by atoms with E-state index in [9.17, 15) is 9.59 Å². The number of carbonyl (C=O) groups excluding carboxylic acids is 2. The molecule has 134 valence electrons. The zero-order valence-corrected chi connectivity index (χ0v) is 15.5. The van der Waals surface area contributed by atoms with Crippen LogP contribution < -0.4 is 10.1 Å². The minimum absolute atomic E-state index is 0.314. The first-order valence-electron chi connectivity index (χ1n) is 9.10. The Labute approximate surface area is 153 Å². The molecule has 25 heavy (non-hydrogen) atoms. The van der Waals surface area contributed by atoms with Gasteiger partial charge in [0.25, 0.3) is 11.1 Å². The Morgan fingerprint density at radius 1 is 1.24 bits per heavy atom. The summed E-state index contributed by atoms with van der Waals surface area (Å²) in [4.78, 5) is 23.2. The summed E-state index contributed by atoms with van der Waals surface area (Å²) in [6.07, 6.45) is 11.1. The van der Waals surface area contributed by atoms with Gasteiger partial charge in [0.1, 0.15) is 5.75 Å². The molecule has 1 saturated carbocycles. The number of benzene rings is 1. The van der Waals surface area contributed by atoms with E-state index in [2.05, 4.69) is 5.32 Å². The SMILES string of the molecule is Cc1cc(/C=C2\SC(=O)NC2=O)ccc1OCCCC1CCCCC1. The summed E-state index contributed by atoms with van der Waals surface area (Å²) in [5.74, 6) is 1.46. The molecule has 0 spiro atoms. The lowest BCUT2D eigenvalue weighted by Gasteiger charge is -2.21. The monoisotopic (exact) mass is 359 g/mol. The molecule has 0 unspecified atom stereocenters. The number of nitrogens with one attached hydrogen (secondary N) is 1. The van der Waals surface area contributed by atoms with Crippen molar-refractivity contribution in [3.8, 4) is 5.75 Å². The quantitative estimate of drug-likeness (QED) is 0.570. The molecule has 1 aliphatic carbocycles. The summed E-state index contributed by atoms with van der Waals surface area (Å²) in [5.41, 5.74) is 1.95. The fourth-order valence-corrected chi connectivity index (χ4v) is 4.21. The fraction of sp³-hybridized carbons (Fsp3) is 0.500. The fourth-order valence-electron chi connectivity index (χ4n) is 3.53. The highest BCUT2D eigenvalue weighted by Crippen LogP contribution is 2.29. The largest absolute Gasteiger partial charge is 0.493 e. The third-order valence-corrected chi connectivity index (χ3v) is 5.69. The highest BCUT2D eigenvalue weighted by atomic mass is 32.2. The Bertz CT molecular complexity index is 678. The van der Waals surface area contributed by atoms with Gasteiger partial charge in [-0.1, -0.05) is 38.2 Å². The predicted octanol–water partition coefficient (Wildman–Crippen LogP) is 5.06. The van der Waals surface area contributed by atoms with Crippen LogP contribution in [0, 0.1) is 12.8 Å². The summed E-state index contributed by atoms with van der Waals surface area (Å²) >= 11 is 0.939. The van der Waals surface area contributed by atoms with Crippen molar-refractivity contribution < 1.29 is 14.3 Å². The molecule has 1 aliphatic heterocycles. The van der Waals surface area contributed by atoms with Gasteiger partial charge < -0.3 is 4.74 Å². The topological polar surface area (TPSA) is 55.4 Å². The van der Waals surface area contributed by atoms with E-state index < -0.39 is 0 Å². The Hall–Kier alpha value is -1.75. The van der Waals surface area contributed by atoms with Crippen molar-refractivity contribution in [2.24, 2.45) is 5.92 Å². The summed E-state index contributed by atoms with van der Waals surface area (Å²) in [5, 5.41) is 1.95. The van der Waals surface area contributed by atoms with Crippen molar-refractivity contribution in [3.63, 3.8) is 0 Å². The van der Waals surface area contributed by atoms with Crippen molar-refractivity contribution in [1.29, 1.82) is 0 Å². The molecule has 5 heteroatoms. The number of hydrogen-bond donors (Lipinski definition) is 1. The van der Waals surface area contributed by atoms with Gasteiger partial charge in [0.15, 0.2) is 0 Å². The van der Waals surface area contributed by atoms with Crippen molar-refractivity contribution in [2.45, 2.75) is 51.9 Å². The van der Waals surface area contributed by atoms with Crippen LogP contribution in [0.5, 0.6) is 5.75 Å². The van der Waals surface area contributed by atoms with Crippen molar-refractivity contribution in [1.82, 2.24) is 5.32 Å². The second kappa shape index (κ2) is 8.56. The number of aryl methyl sites for hydroxylation is 1. The first-order chi connectivity index (χ1) is 12.1. The molecule has 1 aromatic carbocycles. The molecule has 2 aliphatic rings. The van der Waals surface area contributed by atoms with E-state index in [4.69, 9.17) is 4.74 Å². The highest BCUT2D eigenvalue weighted by Gasteiger charge is 2.24. The number of carbonyl (C=O) groups is 2. The second-order valence-corrected chi connectivity index (χ2v) is 7.89. The third kappa shape index (κ3) is 5.11. The van der Waals surface area contributed by atoms with Crippen molar-refractivity contribution >= 4 is 29.0 Å². The van der Waals surface area contributed by atoms with E-state index in [1.54, 1.807) is 6.08 Å². The zero-order valence-electron chi connectivity index (χ0n) is 14.7. The van der Waals surface area contributed by atoms with Crippen LogP contribution in [-0.4, -0.2) is 17.8 Å². The molecule has 0 radical (unpaired) electrons. The maximum atomic E-state index is 11.6. The van der Waals surface area contributed by atoms with Gasteiger partial charge in [0, 0.05) is 0 Å². The summed E-state index contributed by atoms with van der Waals surface area (Å²) in [6, 6.07) is 5.86. The molecule has 1 N–H and O–H groups in total. The van der Waals surface area contributed by atoms with Gasteiger partial charge in [0.2, 0.25) is 0 Å². The molecule has 0 atom stereocenters. The average molecular weight is 359 g/mol. The molecule has 0 bridgehead atoms. The number of hydrogen-bond acceptors (Lipinski definition) is 4. The average Bonchev–Trinajstić information content (AvgIpc) is 2.91. The van der Waals surface area contributed by atoms with E-state index in [-0.39, 0.29) is 11.1 Å². The smallest absolute Gasteiger partial charge is 0.290 e. The minimum Gasteiger partial charge on any atom is -0.493 e. The van der Waals surface area contributed by atoms with Crippen LogP contribution in [0.2, 0.25) is 0 Å². The molecule has 1 heterocycles. The number of ether oxygens (including phenoxy) is 1. The number of rotatable bonds is 6. The molecule has 2 fully saturated rings. The van der Waals surface area contributed by atoms with Gasteiger partial charge in [0.05, 0.1) is 11.5 Å². The molecular weight excluding hydrogens is 334 g/mol. The van der Waals surface area contributed by atoms with Crippen LogP contribution in [0.4, 0.5) is 4.79 Å². The van der Waals surface area contributed by atoms with E-state index in [1.807, 2.05) is 25.1 Å². The Morgan fingerprint density at radius 3 is 2.72 bits per heavy atom. The van der Waals surface area contributed by atoms with Crippen LogP contribution in [0.15, 0.2) is 23.1 Å². The molecule has 1 saturated heterocycles. The first-order valence-corrected chi connectivity index (χ1v) is 9.92. The number of amides is 2. The standard InChI is InChI=1S/C20H25NO3S/c1-14-12-16(13-18-19(22)21-20(23)25-18)9-10-17(14)24-11-5-8-15-6-3-2-4-7-15/h9-10,12-13,15H,2-8,11H2,1H3,(H,21,22,23)/b18-13-. The van der Waals surface area contributed by atoms with E-state index in [0.717, 1.165) is 47.6 Å². The molecule has 4 nitrogen and oxygen atoms in total. The molecule has 0 aromatic heterocycles. The van der Waals surface area contributed by atoms with E-state index >= 15 is 0 Å². The van der Waals surface area contributed by atoms with Gasteiger partial charge in [-0.3, -0.25) is 14.9 Å². The van der Waals surface area contributed by atoms with Crippen LogP contribution in [0.25, 0.3) is 6.08 Å². The van der Waals surface area contributed by atoms with Crippen LogP contribution in [0.3, 0.4) is 0 Å². The molecule has 3 rings (SSSR count). The lowest BCUT2D eigenvalue weighted by molar-refractivity contribution is -0.115. The van der Waals surface area contributed by atoms with E-state index in [1.165, 1.54) is 38.5 Å². The van der Waals surface area contributed by atoms with Gasteiger partial charge in [-0.15, -0.1) is 0 Å². The molecular formula is C20H25NO3S. The third-order valence-electron chi connectivity index (χ3n) is 4.88. The lowest BCUT2D eigenvalue weighted by Crippen LogP contribution is -2.17. The maximum absolute atomic E-state index is 11.6. The van der Waals surface area contributed by atoms with Gasteiger partial charge in [-0.25, -0.2) is 0 Å². The Morgan fingerprint density at radius 2 is 2.04 bits per heavy atom. The Kier molecular flexibility index (Phi) is 6.19. The zero-order chi connectivity index (χ0) is 17.6. The molecule has 1 aromatic rings.